The number of anilines is 2. The molecule has 2 aromatic rings. The first-order chi connectivity index (χ1) is 8.81. The molecule has 18 heavy (non-hydrogen) atoms. The van der Waals surface area contributed by atoms with Crippen LogP contribution in [0.3, 0.4) is 0 Å². The Morgan fingerprint density at radius 1 is 1.11 bits per heavy atom. The van der Waals surface area contributed by atoms with E-state index < -0.39 is 0 Å². The molecular weight excluding hydrogens is 290 g/mol. The minimum atomic E-state index is 0.748. The summed E-state index contributed by atoms with van der Waals surface area (Å²) < 4.78 is 0.898. The van der Waals surface area contributed by atoms with Gasteiger partial charge in [-0.15, -0.1) is 0 Å². The first kappa shape index (κ1) is 13.0. The molecule has 1 aromatic carbocycles. The van der Waals surface area contributed by atoms with Crippen LogP contribution < -0.4 is 4.90 Å². The molecule has 0 bridgehead atoms. The van der Waals surface area contributed by atoms with Gasteiger partial charge in [-0.25, -0.2) is 9.97 Å². The summed E-state index contributed by atoms with van der Waals surface area (Å²) in [6, 6.07) is 10.3. The van der Waals surface area contributed by atoms with Crippen molar-refractivity contribution in [3.63, 3.8) is 0 Å². The van der Waals surface area contributed by atoms with Crippen LogP contribution in [0.4, 0.5) is 11.6 Å². The molecule has 0 aliphatic carbocycles. The summed E-state index contributed by atoms with van der Waals surface area (Å²) in [6.45, 7) is 3.12. The van der Waals surface area contributed by atoms with Crippen LogP contribution in [0, 0.1) is 0 Å². The molecule has 0 spiro atoms. The lowest BCUT2D eigenvalue weighted by Crippen LogP contribution is -2.20. The summed E-state index contributed by atoms with van der Waals surface area (Å²) in [4.78, 5) is 10.9. The zero-order valence-corrected chi connectivity index (χ0v) is 12.0. The lowest BCUT2D eigenvalue weighted by Gasteiger charge is -2.22. The summed E-state index contributed by atoms with van der Waals surface area (Å²) in [5.74, 6) is 0.748. The fraction of sp³-hybridized carbons (Fsp3) is 0.286. The average molecular weight is 306 g/mol. The quantitative estimate of drug-likeness (QED) is 0.830. The van der Waals surface area contributed by atoms with E-state index in [2.05, 4.69) is 49.9 Å². The highest BCUT2D eigenvalue weighted by atomic mass is 79.9. The first-order valence-corrected chi connectivity index (χ1v) is 6.90. The fourth-order valence-corrected chi connectivity index (χ4v) is 1.92. The van der Waals surface area contributed by atoms with Gasteiger partial charge in [0.15, 0.2) is 0 Å². The second kappa shape index (κ2) is 6.50. The maximum atomic E-state index is 4.38. The Morgan fingerprint density at radius 2 is 1.78 bits per heavy atom. The van der Waals surface area contributed by atoms with Crippen LogP contribution in [-0.2, 0) is 0 Å². The van der Waals surface area contributed by atoms with Crippen molar-refractivity contribution in [2.24, 2.45) is 0 Å². The Labute approximate surface area is 116 Å². The Morgan fingerprint density at radius 3 is 2.39 bits per heavy atom. The van der Waals surface area contributed by atoms with E-state index in [-0.39, 0.29) is 0 Å². The number of nitrogens with zero attached hydrogens (tertiary/aromatic N) is 3. The molecule has 0 saturated heterocycles. The molecule has 1 aromatic heterocycles. The highest BCUT2D eigenvalue weighted by Crippen LogP contribution is 2.22. The molecule has 0 atom stereocenters. The van der Waals surface area contributed by atoms with Crippen LogP contribution in [-0.4, -0.2) is 16.5 Å². The smallest absolute Gasteiger partial charge is 0.229 e. The van der Waals surface area contributed by atoms with Crippen molar-refractivity contribution in [2.75, 3.05) is 11.4 Å². The standard InChI is InChI=1S/C14H16BrN3/c1-2-3-9-18(13-7-5-4-6-8-13)14-16-10-12(15)11-17-14/h4-8,10-11H,2-3,9H2,1H3. The first-order valence-electron chi connectivity index (χ1n) is 6.11. The van der Waals surface area contributed by atoms with Gasteiger partial charge in [-0.3, -0.25) is 0 Å². The number of halogens is 1. The summed E-state index contributed by atoms with van der Waals surface area (Å²) in [5.41, 5.74) is 1.13. The minimum Gasteiger partial charge on any atom is -0.311 e. The van der Waals surface area contributed by atoms with E-state index in [0.717, 1.165) is 35.5 Å². The topological polar surface area (TPSA) is 29.0 Å². The Balaban J connectivity index is 2.27. The monoisotopic (exact) mass is 305 g/mol. The van der Waals surface area contributed by atoms with E-state index in [4.69, 9.17) is 0 Å². The van der Waals surface area contributed by atoms with Gasteiger partial charge in [0.05, 0.1) is 4.47 Å². The zero-order chi connectivity index (χ0) is 12.8. The number of unbranched alkanes of at least 4 members (excludes halogenated alkanes) is 1. The molecule has 0 aliphatic heterocycles. The van der Waals surface area contributed by atoms with Gasteiger partial charge in [-0.2, -0.15) is 0 Å². The molecule has 0 fully saturated rings. The third-order valence-corrected chi connectivity index (χ3v) is 3.06. The van der Waals surface area contributed by atoms with Gasteiger partial charge in [0.1, 0.15) is 0 Å². The molecule has 0 aliphatic rings. The fourth-order valence-electron chi connectivity index (χ4n) is 1.71. The van der Waals surface area contributed by atoms with Crippen LogP contribution in [0.25, 0.3) is 0 Å². The van der Waals surface area contributed by atoms with Gasteiger partial charge in [0.25, 0.3) is 0 Å². The number of benzene rings is 1. The summed E-state index contributed by atoms with van der Waals surface area (Å²) >= 11 is 3.36. The van der Waals surface area contributed by atoms with Crippen LogP contribution in [0.1, 0.15) is 19.8 Å². The molecule has 2 rings (SSSR count). The summed E-state index contributed by atoms with van der Waals surface area (Å²) in [6.07, 6.45) is 5.84. The molecule has 0 saturated carbocycles. The maximum Gasteiger partial charge on any atom is 0.229 e. The zero-order valence-electron chi connectivity index (χ0n) is 10.4. The third kappa shape index (κ3) is 3.29. The van der Waals surface area contributed by atoms with E-state index in [1.54, 1.807) is 12.4 Å². The minimum absolute atomic E-state index is 0.748. The Hall–Kier alpha value is -1.42. The van der Waals surface area contributed by atoms with Crippen LogP contribution in [0.15, 0.2) is 47.2 Å². The van der Waals surface area contributed by atoms with Gasteiger partial charge in [-0.05, 0) is 34.5 Å². The van der Waals surface area contributed by atoms with Crippen LogP contribution >= 0.6 is 15.9 Å². The van der Waals surface area contributed by atoms with Crippen LogP contribution in [0.2, 0.25) is 0 Å². The van der Waals surface area contributed by atoms with Gasteiger partial charge < -0.3 is 4.90 Å². The lowest BCUT2D eigenvalue weighted by molar-refractivity contribution is 0.770. The number of hydrogen-bond donors (Lipinski definition) is 0. The van der Waals surface area contributed by atoms with E-state index in [1.165, 1.54) is 0 Å². The van der Waals surface area contributed by atoms with Crippen molar-refractivity contribution in [2.45, 2.75) is 19.8 Å². The number of rotatable bonds is 5. The van der Waals surface area contributed by atoms with Gasteiger partial charge in [0, 0.05) is 24.6 Å². The largest absolute Gasteiger partial charge is 0.311 e. The van der Waals surface area contributed by atoms with E-state index in [0.29, 0.717) is 0 Å². The third-order valence-electron chi connectivity index (χ3n) is 2.65. The van der Waals surface area contributed by atoms with Crippen molar-refractivity contribution in [3.8, 4) is 0 Å². The number of para-hydroxylation sites is 1. The van der Waals surface area contributed by atoms with Crippen molar-refractivity contribution in [1.82, 2.24) is 9.97 Å². The summed E-state index contributed by atoms with van der Waals surface area (Å²) in [7, 11) is 0. The molecule has 0 N–H and O–H groups in total. The molecule has 94 valence electrons. The van der Waals surface area contributed by atoms with Crippen molar-refractivity contribution in [3.05, 3.63) is 47.2 Å². The van der Waals surface area contributed by atoms with Gasteiger partial charge in [-0.1, -0.05) is 31.5 Å². The van der Waals surface area contributed by atoms with Crippen molar-refractivity contribution >= 4 is 27.6 Å². The Bertz CT molecular complexity index is 470. The number of hydrogen-bond acceptors (Lipinski definition) is 3. The predicted molar refractivity (Wildman–Crippen MR) is 78.1 cm³/mol. The number of aromatic nitrogens is 2. The molecule has 3 nitrogen and oxygen atoms in total. The van der Waals surface area contributed by atoms with E-state index in [1.807, 2.05) is 18.2 Å². The second-order valence-electron chi connectivity index (χ2n) is 4.04. The summed E-state index contributed by atoms with van der Waals surface area (Å²) in [5, 5.41) is 0. The maximum absolute atomic E-state index is 4.38. The van der Waals surface area contributed by atoms with Crippen LogP contribution in [0.5, 0.6) is 0 Å². The molecule has 0 unspecified atom stereocenters. The second-order valence-corrected chi connectivity index (χ2v) is 4.96. The van der Waals surface area contributed by atoms with E-state index in [9.17, 15) is 0 Å². The average Bonchev–Trinajstić information content (AvgIpc) is 2.42. The Kier molecular flexibility index (Phi) is 4.70. The highest BCUT2D eigenvalue weighted by molar-refractivity contribution is 9.10. The van der Waals surface area contributed by atoms with Crippen molar-refractivity contribution in [1.29, 1.82) is 0 Å². The molecule has 4 heteroatoms. The van der Waals surface area contributed by atoms with Crippen molar-refractivity contribution < 1.29 is 0 Å². The highest BCUT2D eigenvalue weighted by Gasteiger charge is 2.10. The lowest BCUT2D eigenvalue weighted by atomic mass is 10.2. The predicted octanol–water partition coefficient (Wildman–Crippen LogP) is 4.18. The van der Waals surface area contributed by atoms with Gasteiger partial charge >= 0.3 is 0 Å². The molecule has 1 heterocycles. The normalized spacial score (nSPS) is 10.3. The van der Waals surface area contributed by atoms with Gasteiger partial charge in [0.2, 0.25) is 5.95 Å². The SMILES string of the molecule is CCCCN(c1ccccc1)c1ncc(Br)cn1. The molecule has 0 radical (unpaired) electrons. The van der Waals surface area contributed by atoms with E-state index >= 15 is 0 Å². The molecule has 0 amide bonds. The molecular formula is C14H16BrN3.